The zero-order chi connectivity index (χ0) is 21.0. The van der Waals surface area contributed by atoms with E-state index in [1.165, 1.54) is 37.4 Å². The van der Waals surface area contributed by atoms with Gasteiger partial charge in [0.05, 0.1) is 10.5 Å². The van der Waals surface area contributed by atoms with Crippen molar-refractivity contribution in [3.05, 3.63) is 93.2 Å². The van der Waals surface area contributed by atoms with Gasteiger partial charge in [0.15, 0.2) is 0 Å². The standard InChI is InChI=1S/C20H15F2N3O4/c1-12-17(22)9-14(10-18(12)25(27)28)20(26)24-11-13-6-7-23-19(8-13)29-16-4-2-15(21)3-5-16/h2-10H,11H2,1H3,(H,24,26). The number of halogens is 2. The third kappa shape index (κ3) is 4.89. The van der Waals surface area contributed by atoms with Crippen LogP contribution >= 0.6 is 0 Å². The van der Waals surface area contributed by atoms with Crippen molar-refractivity contribution >= 4 is 11.6 Å². The molecule has 29 heavy (non-hydrogen) atoms. The summed E-state index contributed by atoms with van der Waals surface area (Å²) in [6, 6.07) is 10.6. The molecule has 0 atom stereocenters. The highest BCUT2D eigenvalue weighted by Crippen LogP contribution is 2.23. The third-order valence-electron chi connectivity index (χ3n) is 4.06. The summed E-state index contributed by atoms with van der Waals surface area (Å²) in [5.41, 5.74) is -0.124. The molecule has 0 fully saturated rings. The maximum atomic E-state index is 13.9. The summed E-state index contributed by atoms with van der Waals surface area (Å²) in [4.78, 5) is 26.6. The Balaban J connectivity index is 1.69. The molecule has 0 bridgehead atoms. The molecule has 1 N–H and O–H groups in total. The van der Waals surface area contributed by atoms with Gasteiger partial charge in [-0.3, -0.25) is 14.9 Å². The monoisotopic (exact) mass is 399 g/mol. The summed E-state index contributed by atoms with van der Waals surface area (Å²) in [7, 11) is 0. The lowest BCUT2D eigenvalue weighted by atomic mass is 10.1. The number of carbonyl (C=O) groups excluding carboxylic acids is 1. The van der Waals surface area contributed by atoms with E-state index in [4.69, 9.17) is 4.74 Å². The second kappa shape index (κ2) is 8.42. The Labute approximate surface area is 164 Å². The van der Waals surface area contributed by atoms with E-state index < -0.39 is 28.2 Å². The molecule has 0 spiro atoms. The first-order valence-corrected chi connectivity index (χ1v) is 8.44. The van der Waals surface area contributed by atoms with Crippen molar-refractivity contribution in [2.45, 2.75) is 13.5 Å². The number of amides is 1. The number of nitrogens with zero attached hydrogens (tertiary/aromatic N) is 2. The summed E-state index contributed by atoms with van der Waals surface area (Å²) in [6.07, 6.45) is 1.47. The second-order valence-electron chi connectivity index (χ2n) is 6.10. The van der Waals surface area contributed by atoms with Gasteiger partial charge in [-0.25, -0.2) is 13.8 Å². The molecule has 9 heteroatoms. The van der Waals surface area contributed by atoms with Gasteiger partial charge >= 0.3 is 0 Å². The number of carbonyl (C=O) groups is 1. The lowest BCUT2D eigenvalue weighted by Gasteiger charge is -2.09. The summed E-state index contributed by atoms with van der Waals surface area (Å²) >= 11 is 0. The number of nitro benzene ring substituents is 1. The number of benzene rings is 2. The van der Waals surface area contributed by atoms with Gasteiger partial charge in [0.25, 0.3) is 11.6 Å². The molecule has 0 aliphatic heterocycles. The average molecular weight is 399 g/mol. The van der Waals surface area contributed by atoms with E-state index in [0.29, 0.717) is 11.3 Å². The number of aromatic nitrogens is 1. The Morgan fingerprint density at radius 2 is 1.90 bits per heavy atom. The molecular weight excluding hydrogens is 384 g/mol. The van der Waals surface area contributed by atoms with Gasteiger partial charge in [-0.2, -0.15) is 0 Å². The summed E-state index contributed by atoms with van der Waals surface area (Å²) in [5.74, 6) is -1.26. The molecule has 0 unspecified atom stereocenters. The molecule has 0 saturated heterocycles. The van der Waals surface area contributed by atoms with E-state index >= 15 is 0 Å². The molecule has 0 aliphatic carbocycles. The van der Waals surface area contributed by atoms with Crippen LogP contribution in [-0.4, -0.2) is 15.8 Å². The van der Waals surface area contributed by atoms with Crippen LogP contribution in [0.4, 0.5) is 14.5 Å². The minimum Gasteiger partial charge on any atom is -0.439 e. The van der Waals surface area contributed by atoms with E-state index in [1.807, 2.05) is 0 Å². The lowest BCUT2D eigenvalue weighted by molar-refractivity contribution is -0.385. The van der Waals surface area contributed by atoms with Gasteiger partial charge in [-0.1, -0.05) is 0 Å². The number of pyridine rings is 1. The fourth-order valence-electron chi connectivity index (χ4n) is 2.51. The van der Waals surface area contributed by atoms with Gasteiger partial charge < -0.3 is 10.1 Å². The fourth-order valence-corrected chi connectivity index (χ4v) is 2.51. The quantitative estimate of drug-likeness (QED) is 0.493. The Morgan fingerprint density at radius 1 is 1.17 bits per heavy atom. The SMILES string of the molecule is Cc1c(F)cc(C(=O)NCc2ccnc(Oc3ccc(F)cc3)c2)cc1[N+](=O)[O-]. The Hall–Kier alpha value is -3.88. The molecule has 1 heterocycles. The summed E-state index contributed by atoms with van der Waals surface area (Å²) in [5, 5.41) is 13.6. The van der Waals surface area contributed by atoms with E-state index in [-0.39, 0.29) is 23.6 Å². The molecule has 148 valence electrons. The number of nitro groups is 1. The van der Waals surface area contributed by atoms with E-state index in [9.17, 15) is 23.7 Å². The van der Waals surface area contributed by atoms with Crippen molar-refractivity contribution in [2.24, 2.45) is 0 Å². The predicted molar refractivity (Wildman–Crippen MR) is 99.7 cm³/mol. The number of ether oxygens (including phenoxy) is 1. The van der Waals surface area contributed by atoms with Gasteiger partial charge in [-0.15, -0.1) is 0 Å². The van der Waals surface area contributed by atoms with Crippen LogP contribution in [0.15, 0.2) is 54.7 Å². The molecule has 1 aromatic heterocycles. The lowest BCUT2D eigenvalue weighted by Crippen LogP contribution is -2.23. The van der Waals surface area contributed by atoms with Gasteiger partial charge in [0.1, 0.15) is 17.4 Å². The highest BCUT2D eigenvalue weighted by Gasteiger charge is 2.19. The van der Waals surface area contributed by atoms with Crippen LogP contribution < -0.4 is 10.1 Å². The minimum atomic E-state index is -0.830. The molecule has 3 rings (SSSR count). The van der Waals surface area contributed by atoms with Crippen molar-refractivity contribution in [3.8, 4) is 11.6 Å². The molecule has 0 aliphatic rings. The highest BCUT2D eigenvalue weighted by molar-refractivity contribution is 5.95. The van der Waals surface area contributed by atoms with Crippen LogP contribution in [-0.2, 0) is 6.54 Å². The zero-order valence-corrected chi connectivity index (χ0v) is 15.2. The number of rotatable bonds is 6. The first kappa shape index (κ1) is 19.9. The van der Waals surface area contributed by atoms with E-state index in [2.05, 4.69) is 10.3 Å². The topological polar surface area (TPSA) is 94.4 Å². The normalized spacial score (nSPS) is 10.4. The number of nitrogens with one attached hydrogen (secondary N) is 1. The Morgan fingerprint density at radius 3 is 2.59 bits per heavy atom. The number of hydrogen-bond acceptors (Lipinski definition) is 5. The first-order chi connectivity index (χ1) is 13.8. The van der Waals surface area contributed by atoms with Crippen molar-refractivity contribution in [1.82, 2.24) is 10.3 Å². The van der Waals surface area contributed by atoms with Crippen LogP contribution in [0.2, 0.25) is 0 Å². The van der Waals surface area contributed by atoms with Gasteiger partial charge in [0.2, 0.25) is 5.88 Å². The third-order valence-corrected chi connectivity index (χ3v) is 4.06. The average Bonchev–Trinajstić information content (AvgIpc) is 2.70. The molecule has 7 nitrogen and oxygen atoms in total. The smallest absolute Gasteiger partial charge is 0.276 e. The highest BCUT2D eigenvalue weighted by atomic mass is 19.1. The molecular formula is C20H15F2N3O4. The Bertz CT molecular complexity index is 1070. The van der Waals surface area contributed by atoms with Gasteiger partial charge in [0, 0.05) is 30.4 Å². The minimum absolute atomic E-state index is 0.0599. The fraction of sp³-hybridized carbons (Fsp3) is 0.100. The van der Waals surface area contributed by atoms with Crippen LogP contribution in [0.3, 0.4) is 0 Å². The second-order valence-corrected chi connectivity index (χ2v) is 6.10. The van der Waals surface area contributed by atoms with E-state index in [1.54, 1.807) is 12.1 Å². The summed E-state index contributed by atoms with van der Waals surface area (Å²) in [6.45, 7) is 1.33. The molecule has 1 amide bonds. The zero-order valence-electron chi connectivity index (χ0n) is 15.2. The van der Waals surface area contributed by atoms with Crippen LogP contribution in [0.1, 0.15) is 21.5 Å². The van der Waals surface area contributed by atoms with Gasteiger partial charge in [-0.05, 0) is 48.9 Å². The summed E-state index contributed by atoms with van der Waals surface area (Å²) < 4.78 is 32.3. The maximum absolute atomic E-state index is 13.9. The maximum Gasteiger partial charge on any atom is 0.276 e. The van der Waals surface area contributed by atoms with Crippen molar-refractivity contribution in [3.63, 3.8) is 0 Å². The van der Waals surface area contributed by atoms with E-state index in [0.717, 1.165) is 12.1 Å². The first-order valence-electron chi connectivity index (χ1n) is 8.44. The van der Waals surface area contributed by atoms with Crippen molar-refractivity contribution in [2.75, 3.05) is 0 Å². The largest absolute Gasteiger partial charge is 0.439 e. The molecule has 2 aromatic carbocycles. The predicted octanol–water partition coefficient (Wildman–Crippen LogP) is 4.30. The van der Waals surface area contributed by atoms with Crippen molar-refractivity contribution < 1.29 is 23.2 Å². The molecule has 0 saturated carbocycles. The van der Waals surface area contributed by atoms with Crippen molar-refractivity contribution in [1.29, 1.82) is 0 Å². The van der Waals surface area contributed by atoms with Crippen LogP contribution in [0.25, 0.3) is 0 Å². The Kier molecular flexibility index (Phi) is 5.77. The van der Waals surface area contributed by atoms with Crippen LogP contribution in [0, 0.1) is 28.7 Å². The molecule has 3 aromatic rings. The number of hydrogen-bond donors (Lipinski definition) is 1. The van der Waals surface area contributed by atoms with Crippen LogP contribution in [0.5, 0.6) is 11.6 Å². The molecule has 0 radical (unpaired) electrons.